The summed E-state index contributed by atoms with van der Waals surface area (Å²) in [5, 5.41) is 5.78. The number of ether oxygens (including phenoxy) is 1. The Kier molecular flexibility index (Phi) is 11.2. The van der Waals surface area contributed by atoms with Gasteiger partial charge in [-0.05, 0) is 37.1 Å². The third kappa shape index (κ3) is 8.50. The summed E-state index contributed by atoms with van der Waals surface area (Å²) in [6.07, 6.45) is -0.0540. The summed E-state index contributed by atoms with van der Waals surface area (Å²) >= 11 is 5.15. The standard InChI is InChI=1S/C31H39FN6O5S/c1-3-28(44)34-18-24-19-38(31(42)43-24)23-8-9-26(25(32)16-23)36-12-14-37(15-13-36)29(40)11-10-27(39)22-6-4-21(5-7-22)17-35-30(41)20(2)33/h4-9,16,20,24H,3,10-15,17-19,33H2,1-2H3,(H,34,44)(H,35,41)/t20-,24-/m0/s1. The van der Waals surface area contributed by atoms with Crippen LogP contribution in [-0.4, -0.2) is 85.0 Å². The Hall–Kier alpha value is -4.10. The molecule has 0 unspecified atom stereocenters. The van der Waals surface area contributed by atoms with Crippen LogP contribution >= 0.6 is 12.2 Å². The second-order valence-electron chi connectivity index (χ2n) is 10.9. The van der Waals surface area contributed by atoms with Crippen LogP contribution in [0.25, 0.3) is 0 Å². The van der Waals surface area contributed by atoms with Gasteiger partial charge < -0.3 is 30.9 Å². The predicted octanol–water partition coefficient (Wildman–Crippen LogP) is 2.75. The Balaban J connectivity index is 1.22. The lowest BCUT2D eigenvalue weighted by Crippen LogP contribution is -2.49. The molecule has 236 valence electrons. The maximum Gasteiger partial charge on any atom is 0.414 e. The minimum atomic E-state index is -0.597. The molecule has 4 N–H and O–H groups in total. The molecule has 44 heavy (non-hydrogen) atoms. The highest BCUT2D eigenvalue weighted by atomic mass is 32.1. The predicted molar refractivity (Wildman–Crippen MR) is 169 cm³/mol. The maximum absolute atomic E-state index is 15.2. The lowest BCUT2D eigenvalue weighted by Gasteiger charge is -2.36. The van der Waals surface area contributed by atoms with Gasteiger partial charge in [0.1, 0.15) is 11.9 Å². The number of halogens is 1. The number of nitrogens with two attached hydrogens (primary N) is 1. The van der Waals surface area contributed by atoms with Gasteiger partial charge in [-0.3, -0.25) is 19.3 Å². The number of nitrogens with zero attached hydrogens (tertiary/aromatic N) is 3. The number of nitrogens with one attached hydrogen (secondary N) is 2. The highest BCUT2D eigenvalue weighted by Gasteiger charge is 2.33. The number of hydrogen-bond acceptors (Lipinski definition) is 8. The molecule has 2 heterocycles. The minimum absolute atomic E-state index is 0.0804. The van der Waals surface area contributed by atoms with Crippen LogP contribution < -0.4 is 26.2 Å². The van der Waals surface area contributed by atoms with Crippen molar-refractivity contribution in [1.82, 2.24) is 15.5 Å². The van der Waals surface area contributed by atoms with Gasteiger partial charge in [-0.2, -0.15) is 0 Å². The van der Waals surface area contributed by atoms with Gasteiger partial charge in [0.05, 0.1) is 35.5 Å². The van der Waals surface area contributed by atoms with E-state index in [-0.39, 0.29) is 36.5 Å². The average Bonchev–Trinajstić information content (AvgIpc) is 3.41. The van der Waals surface area contributed by atoms with E-state index in [0.717, 1.165) is 5.56 Å². The van der Waals surface area contributed by atoms with Crippen molar-refractivity contribution in [2.45, 2.75) is 51.8 Å². The maximum atomic E-state index is 15.2. The zero-order valence-corrected chi connectivity index (χ0v) is 25.8. The summed E-state index contributed by atoms with van der Waals surface area (Å²) < 4.78 is 20.6. The highest BCUT2D eigenvalue weighted by molar-refractivity contribution is 7.80. The molecule has 2 fully saturated rings. The fourth-order valence-electron chi connectivity index (χ4n) is 4.99. The molecular weight excluding hydrogens is 587 g/mol. The molecule has 2 saturated heterocycles. The van der Waals surface area contributed by atoms with Gasteiger partial charge >= 0.3 is 6.09 Å². The van der Waals surface area contributed by atoms with Gasteiger partial charge in [0.15, 0.2) is 5.78 Å². The largest absolute Gasteiger partial charge is 0.442 e. The zero-order chi connectivity index (χ0) is 31.8. The number of amides is 3. The Morgan fingerprint density at radius 3 is 2.41 bits per heavy atom. The van der Waals surface area contributed by atoms with E-state index in [1.54, 1.807) is 48.2 Å². The molecule has 0 bridgehead atoms. The van der Waals surface area contributed by atoms with E-state index in [1.807, 2.05) is 11.8 Å². The Bertz CT molecular complexity index is 1380. The SMILES string of the molecule is CCC(=S)NC[C@H]1CN(c2ccc(N3CCN(C(=O)CCC(=O)c4ccc(CNC(=O)[C@H](C)N)cc4)CC3)c(F)c2)C(=O)O1. The number of carbonyl (C=O) groups excluding carboxylic acids is 4. The van der Waals surface area contributed by atoms with E-state index in [2.05, 4.69) is 10.6 Å². The van der Waals surface area contributed by atoms with Crippen LogP contribution in [0.1, 0.15) is 49.0 Å². The molecule has 0 radical (unpaired) electrons. The molecule has 0 aliphatic carbocycles. The van der Waals surface area contributed by atoms with E-state index in [9.17, 15) is 19.2 Å². The van der Waals surface area contributed by atoms with Crippen LogP contribution in [0, 0.1) is 5.82 Å². The molecule has 2 aliphatic rings. The quantitative estimate of drug-likeness (QED) is 0.240. The first-order valence-corrected chi connectivity index (χ1v) is 15.2. The summed E-state index contributed by atoms with van der Waals surface area (Å²) in [7, 11) is 0. The monoisotopic (exact) mass is 626 g/mol. The van der Waals surface area contributed by atoms with Crippen molar-refractivity contribution in [2.24, 2.45) is 5.73 Å². The molecule has 2 aromatic rings. The van der Waals surface area contributed by atoms with Crippen molar-refractivity contribution in [1.29, 1.82) is 0 Å². The van der Waals surface area contributed by atoms with E-state index >= 15 is 4.39 Å². The third-order valence-corrected chi connectivity index (χ3v) is 8.09. The van der Waals surface area contributed by atoms with Gasteiger partial charge in [0.2, 0.25) is 11.8 Å². The van der Waals surface area contributed by atoms with Crippen molar-refractivity contribution in [3.63, 3.8) is 0 Å². The molecule has 0 spiro atoms. The number of thiocarbonyl (C=S) groups is 1. The first kappa shape index (κ1) is 32.8. The van der Waals surface area contributed by atoms with Crippen molar-refractivity contribution in [3.05, 3.63) is 59.4 Å². The summed E-state index contributed by atoms with van der Waals surface area (Å²) in [4.78, 5) is 55.1. The number of anilines is 2. The highest BCUT2D eigenvalue weighted by Crippen LogP contribution is 2.28. The number of cyclic esters (lactones) is 1. The first-order chi connectivity index (χ1) is 21.0. The van der Waals surface area contributed by atoms with Crippen LogP contribution in [-0.2, 0) is 20.9 Å². The Morgan fingerprint density at radius 1 is 1.07 bits per heavy atom. The Morgan fingerprint density at radius 2 is 1.77 bits per heavy atom. The van der Waals surface area contributed by atoms with Crippen LogP contribution in [0.5, 0.6) is 0 Å². The van der Waals surface area contributed by atoms with Gasteiger partial charge in [0.25, 0.3) is 0 Å². The normalized spacial score (nSPS) is 17.2. The molecule has 11 nitrogen and oxygen atoms in total. The molecule has 3 amide bonds. The molecule has 2 aliphatic heterocycles. The third-order valence-electron chi connectivity index (χ3n) is 7.66. The second kappa shape index (κ2) is 15.1. The molecular formula is C31H39FN6O5S. The number of carbonyl (C=O) groups is 4. The summed E-state index contributed by atoms with van der Waals surface area (Å²) in [6, 6.07) is 11.0. The van der Waals surface area contributed by atoms with Crippen LogP contribution in [0.15, 0.2) is 42.5 Å². The molecule has 2 aromatic carbocycles. The van der Waals surface area contributed by atoms with Crippen molar-refractivity contribution >= 4 is 52.3 Å². The zero-order valence-electron chi connectivity index (χ0n) is 25.0. The number of Topliss-reactive ketones (excluding diaryl/α,β-unsaturated/α-hetero) is 1. The van der Waals surface area contributed by atoms with Crippen LogP contribution in [0.3, 0.4) is 0 Å². The number of piperazine rings is 1. The number of hydrogen-bond donors (Lipinski definition) is 3. The fraction of sp³-hybridized carbons (Fsp3) is 0.452. The molecule has 0 aromatic heterocycles. The minimum Gasteiger partial charge on any atom is -0.442 e. The summed E-state index contributed by atoms with van der Waals surface area (Å²) in [6.45, 7) is 6.23. The van der Waals surface area contributed by atoms with Gasteiger partial charge in [-0.1, -0.05) is 43.4 Å². The topological polar surface area (TPSA) is 137 Å². The summed E-state index contributed by atoms with van der Waals surface area (Å²) in [5.74, 6) is -0.981. The van der Waals surface area contributed by atoms with Crippen LogP contribution in [0.4, 0.5) is 20.6 Å². The van der Waals surface area contributed by atoms with Crippen molar-refractivity contribution in [2.75, 3.05) is 49.1 Å². The van der Waals surface area contributed by atoms with E-state index < -0.39 is 18.0 Å². The summed E-state index contributed by atoms with van der Waals surface area (Å²) in [5.41, 5.74) is 7.69. The molecule has 4 rings (SSSR count). The fourth-order valence-corrected chi connectivity index (χ4v) is 5.07. The lowest BCUT2D eigenvalue weighted by molar-refractivity contribution is -0.131. The lowest BCUT2D eigenvalue weighted by atomic mass is 10.0. The smallest absolute Gasteiger partial charge is 0.414 e. The number of rotatable bonds is 12. The van der Waals surface area contributed by atoms with Gasteiger partial charge in [-0.25, -0.2) is 9.18 Å². The molecule has 13 heteroatoms. The van der Waals surface area contributed by atoms with Gasteiger partial charge in [0, 0.05) is 51.1 Å². The van der Waals surface area contributed by atoms with Crippen molar-refractivity contribution in [3.8, 4) is 0 Å². The van der Waals surface area contributed by atoms with Crippen LogP contribution in [0.2, 0.25) is 0 Å². The number of ketones is 1. The van der Waals surface area contributed by atoms with E-state index in [4.69, 9.17) is 22.7 Å². The average molecular weight is 627 g/mol. The Labute approximate surface area is 261 Å². The van der Waals surface area contributed by atoms with Gasteiger partial charge in [-0.15, -0.1) is 0 Å². The molecule has 0 saturated carbocycles. The molecule has 2 atom stereocenters. The number of benzene rings is 2. The van der Waals surface area contributed by atoms with Crippen molar-refractivity contribution < 1.29 is 28.3 Å². The first-order valence-electron chi connectivity index (χ1n) is 14.8. The van der Waals surface area contributed by atoms with E-state index in [0.29, 0.717) is 74.2 Å². The van der Waals surface area contributed by atoms with E-state index in [1.165, 1.54) is 11.0 Å². The second-order valence-corrected chi connectivity index (χ2v) is 11.4.